The van der Waals surface area contributed by atoms with Gasteiger partial charge in [0, 0.05) is 53.1 Å². The summed E-state index contributed by atoms with van der Waals surface area (Å²) in [7, 11) is -1.21. The van der Waals surface area contributed by atoms with Crippen LogP contribution in [0.1, 0.15) is 44.2 Å². The van der Waals surface area contributed by atoms with Crippen LogP contribution in [0, 0.1) is 0 Å². The fourth-order valence-electron chi connectivity index (χ4n) is 7.10. The van der Waals surface area contributed by atoms with Gasteiger partial charge in [-0.05, 0) is 56.8 Å². The van der Waals surface area contributed by atoms with E-state index in [1.807, 2.05) is 65.0 Å². The first-order chi connectivity index (χ1) is 26.2. The molecule has 0 amide bonds. The van der Waals surface area contributed by atoms with Crippen LogP contribution in [-0.2, 0) is 25.7 Å². The standard InChI is InChI=1S/C40H58N6O7Si2/c1-9-51-35-33-34(29-15-17-40(18-16-29,39(47)48)53-20-19-49-2)43-36-32(30-25-41-45(27-30)31-13-11-10-12-14-31)26-42-46(36)37(33)44(28-50-21-23-54(3,4)5)38(35)52-22-24-55(6,7)8/h10-14,25-27,29H,9,15-24,28H2,1-8H3,(H,47,48). The second-order valence-corrected chi connectivity index (χ2v) is 28.2. The molecule has 55 heavy (non-hydrogen) atoms. The zero-order valence-electron chi connectivity index (χ0n) is 33.8. The molecular formula is C40H58N6O7Si2. The molecule has 4 heterocycles. The van der Waals surface area contributed by atoms with Gasteiger partial charge < -0.3 is 28.8 Å². The van der Waals surface area contributed by atoms with Gasteiger partial charge in [0.05, 0.1) is 55.6 Å². The van der Waals surface area contributed by atoms with E-state index in [4.69, 9.17) is 33.8 Å². The molecule has 0 unspecified atom stereocenters. The number of carboxylic acid groups (broad SMARTS) is 1. The third-order valence-electron chi connectivity index (χ3n) is 10.3. The quantitative estimate of drug-likeness (QED) is 0.0646. The number of aliphatic carboxylic acids is 1. The predicted molar refractivity (Wildman–Crippen MR) is 219 cm³/mol. The summed E-state index contributed by atoms with van der Waals surface area (Å²) in [6.45, 7) is 18.4. The molecule has 4 aromatic heterocycles. The van der Waals surface area contributed by atoms with E-state index in [1.54, 1.807) is 7.11 Å². The van der Waals surface area contributed by atoms with Crippen LogP contribution in [0.15, 0.2) is 48.9 Å². The van der Waals surface area contributed by atoms with Crippen molar-refractivity contribution in [3.05, 3.63) is 54.6 Å². The van der Waals surface area contributed by atoms with Crippen molar-refractivity contribution in [3.63, 3.8) is 0 Å². The summed E-state index contributed by atoms with van der Waals surface area (Å²) >= 11 is 0. The van der Waals surface area contributed by atoms with Gasteiger partial charge in [0.15, 0.2) is 22.6 Å². The Balaban J connectivity index is 1.53. The first-order valence-electron chi connectivity index (χ1n) is 19.5. The highest BCUT2D eigenvalue weighted by Crippen LogP contribution is 2.48. The number of hydrogen-bond donors (Lipinski definition) is 1. The first kappa shape index (κ1) is 40.6. The molecule has 0 bridgehead atoms. The van der Waals surface area contributed by atoms with Crippen molar-refractivity contribution in [2.45, 2.75) is 102 Å². The van der Waals surface area contributed by atoms with Crippen molar-refractivity contribution >= 4 is 38.8 Å². The van der Waals surface area contributed by atoms with Crippen molar-refractivity contribution in [1.82, 2.24) is 28.9 Å². The Kier molecular flexibility index (Phi) is 12.6. The lowest BCUT2D eigenvalue weighted by Crippen LogP contribution is -2.45. The molecule has 298 valence electrons. The number of para-hydroxylation sites is 1. The maximum absolute atomic E-state index is 12.7. The minimum Gasteiger partial charge on any atom is -0.488 e. The third kappa shape index (κ3) is 9.17. The summed E-state index contributed by atoms with van der Waals surface area (Å²) in [5, 5.41) is 20.8. The number of fused-ring (bicyclic) bond motifs is 3. The lowest BCUT2D eigenvalue weighted by Gasteiger charge is -2.36. The topological polar surface area (TPSA) is 136 Å². The zero-order valence-corrected chi connectivity index (χ0v) is 35.8. The summed E-state index contributed by atoms with van der Waals surface area (Å²) in [5.74, 6) is 0.190. The molecule has 1 aromatic carbocycles. The molecule has 0 saturated heterocycles. The van der Waals surface area contributed by atoms with E-state index in [9.17, 15) is 9.90 Å². The van der Waals surface area contributed by atoms with Gasteiger partial charge in [-0.2, -0.15) is 14.7 Å². The Morgan fingerprint density at radius 3 is 2.29 bits per heavy atom. The molecule has 1 fully saturated rings. The van der Waals surface area contributed by atoms with Gasteiger partial charge in [0.1, 0.15) is 6.73 Å². The smallest absolute Gasteiger partial charge is 0.335 e. The number of nitrogens with zero attached hydrogens (tertiary/aromatic N) is 6. The van der Waals surface area contributed by atoms with Crippen molar-refractivity contribution < 1.29 is 33.6 Å². The van der Waals surface area contributed by atoms with Crippen molar-refractivity contribution in [2.75, 3.05) is 40.1 Å². The monoisotopic (exact) mass is 790 g/mol. The van der Waals surface area contributed by atoms with Gasteiger partial charge in [-0.25, -0.2) is 14.5 Å². The number of hydrogen-bond acceptors (Lipinski definition) is 9. The largest absolute Gasteiger partial charge is 0.488 e. The SMILES string of the molecule is CCOc1c(OCC[Si](C)(C)C)n(COCC[Si](C)(C)C)c2c1c(C1CCC(OCCOC)(C(=O)O)CC1)nc1c(-c3cnn(-c4ccccc4)c3)cnn12. The Bertz CT molecular complexity index is 2060. The summed E-state index contributed by atoms with van der Waals surface area (Å²) in [5.41, 5.74) is 3.63. The highest BCUT2D eigenvalue weighted by Gasteiger charge is 2.45. The van der Waals surface area contributed by atoms with Crippen LogP contribution in [0.5, 0.6) is 11.6 Å². The lowest BCUT2D eigenvalue weighted by atomic mass is 9.76. The first-order valence-corrected chi connectivity index (χ1v) is 26.9. The maximum atomic E-state index is 12.7. The van der Waals surface area contributed by atoms with Crippen molar-refractivity contribution in [3.8, 4) is 28.4 Å². The molecule has 0 radical (unpaired) electrons. The van der Waals surface area contributed by atoms with E-state index in [0.717, 1.165) is 45.6 Å². The van der Waals surface area contributed by atoms with Crippen molar-refractivity contribution in [2.24, 2.45) is 0 Å². The number of methoxy groups -OCH3 is 1. The van der Waals surface area contributed by atoms with Gasteiger partial charge in [-0.3, -0.25) is 4.57 Å². The lowest BCUT2D eigenvalue weighted by molar-refractivity contribution is -0.173. The van der Waals surface area contributed by atoms with E-state index in [2.05, 4.69) is 48.9 Å². The Hall–Kier alpha value is -4.03. The molecule has 1 N–H and O–H groups in total. The molecule has 0 spiro atoms. The number of carbonyl (C=O) groups is 1. The maximum Gasteiger partial charge on any atom is 0.335 e. The minimum absolute atomic E-state index is 0.0847. The van der Waals surface area contributed by atoms with Crippen LogP contribution in [0.2, 0.25) is 51.4 Å². The summed E-state index contributed by atoms with van der Waals surface area (Å²) < 4.78 is 36.7. The van der Waals surface area contributed by atoms with Crippen LogP contribution < -0.4 is 9.47 Å². The van der Waals surface area contributed by atoms with Crippen LogP contribution >= 0.6 is 0 Å². The van der Waals surface area contributed by atoms with E-state index in [1.165, 1.54) is 0 Å². The average Bonchev–Trinajstić information content (AvgIpc) is 3.87. The number of aromatic nitrogens is 6. The van der Waals surface area contributed by atoms with Crippen LogP contribution in [-0.4, -0.2) is 102 Å². The Morgan fingerprint density at radius 1 is 0.927 bits per heavy atom. The Morgan fingerprint density at radius 2 is 1.64 bits per heavy atom. The molecule has 1 aliphatic carbocycles. The van der Waals surface area contributed by atoms with Gasteiger partial charge in [-0.15, -0.1) is 0 Å². The van der Waals surface area contributed by atoms with E-state index >= 15 is 0 Å². The second-order valence-electron chi connectivity index (χ2n) is 16.9. The molecule has 5 aromatic rings. The molecule has 15 heteroatoms. The van der Waals surface area contributed by atoms with Gasteiger partial charge >= 0.3 is 5.97 Å². The minimum atomic E-state index is -1.44. The second kappa shape index (κ2) is 17.0. The van der Waals surface area contributed by atoms with Gasteiger partial charge in [0.25, 0.3) is 0 Å². The summed E-state index contributed by atoms with van der Waals surface area (Å²) in [6.07, 6.45) is 7.46. The predicted octanol–water partition coefficient (Wildman–Crippen LogP) is 8.11. The number of carboxylic acids is 1. The molecular weight excluding hydrogens is 733 g/mol. The molecule has 0 aliphatic heterocycles. The van der Waals surface area contributed by atoms with E-state index < -0.39 is 27.7 Å². The fourth-order valence-corrected chi connectivity index (χ4v) is 8.57. The Labute approximate surface area is 325 Å². The molecule has 13 nitrogen and oxygen atoms in total. The fraction of sp³-hybridized carbons (Fsp3) is 0.550. The number of benzene rings is 1. The van der Waals surface area contributed by atoms with Gasteiger partial charge in [-0.1, -0.05) is 57.5 Å². The normalized spacial score (nSPS) is 18.0. The highest BCUT2D eigenvalue weighted by atomic mass is 28.3. The molecule has 1 saturated carbocycles. The average molecular weight is 791 g/mol. The zero-order chi connectivity index (χ0) is 39.4. The van der Waals surface area contributed by atoms with Gasteiger partial charge in [0.2, 0.25) is 5.88 Å². The molecule has 6 rings (SSSR count). The van der Waals surface area contributed by atoms with Crippen LogP contribution in [0.25, 0.3) is 33.5 Å². The van der Waals surface area contributed by atoms with Crippen molar-refractivity contribution in [1.29, 1.82) is 0 Å². The molecule has 1 aliphatic rings. The summed E-state index contributed by atoms with van der Waals surface area (Å²) in [4.78, 5) is 18.1. The van der Waals surface area contributed by atoms with E-state index in [0.29, 0.717) is 69.4 Å². The van der Waals surface area contributed by atoms with E-state index in [-0.39, 0.29) is 19.3 Å². The summed E-state index contributed by atoms with van der Waals surface area (Å²) in [6, 6.07) is 12.0. The van der Waals surface area contributed by atoms with Crippen LogP contribution in [0.3, 0.4) is 0 Å². The number of rotatable bonds is 19. The third-order valence-corrected chi connectivity index (χ3v) is 13.7. The highest BCUT2D eigenvalue weighted by molar-refractivity contribution is 6.76. The number of ether oxygens (including phenoxy) is 5. The molecule has 0 atom stereocenters. The van der Waals surface area contributed by atoms with Crippen LogP contribution in [0.4, 0.5) is 0 Å².